The van der Waals surface area contributed by atoms with Gasteiger partial charge in [0.2, 0.25) is 0 Å². The molecule has 3 rings (SSSR count). The van der Waals surface area contributed by atoms with Gasteiger partial charge in [-0.15, -0.1) is 11.6 Å². The van der Waals surface area contributed by atoms with Crippen LogP contribution in [0, 0.1) is 0 Å². The number of rotatable bonds is 2. The molecule has 0 aliphatic heterocycles. The van der Waals surface area contributed by atoms with Gasteiger partial charge in [-0.05, 0) is 31.9 Å². The van der Waals surface area contributed by atoms with E-state index < -0.39 is 0 Å². The third-order valence-corrected chi connectivity index (χ3v) is 3.94. The van der Waals surface area contributed by atoms with Crippen LogP contribution in [0.4, 0.5) is 0 Å². The number of fused-ring (bicyclic) bond motifs is 1. The molecule has 2 aromatic rings. The van der Waals surface area contributed by atoms with Crippen molar-refractivity contribution in [2.24, 2.45) is 0 Å². The topological polar surface area (TPSA) is 17.8 Å². The summed E-state index contributed by atoms with van der Waals surface area (Å²) in [5.41, 5.74) is 1.90. The van der Waals surface area contributed by atoms with Crippen LogP contribution in [-0.4, -0.2) is 9.55 Å². The molecule has 0 bridgehead atoms. The van der Waals surface area contributed by atoms with Crippen LogP contribution in [0.15, 0.2) is 12.1 Å². The summed E-state index contributed by atoms with van der Waals surface area (Å²) in [6, 6.07) is 4.21. The third-order valence-electron chi connectivity index (χ3n) is 3.03. The number of hydrogen-bond acceptors (Lipinski definition) is 1. The lowest BCUT2D eigenvalue weighted by Gasteiger charge is -2.08. The van der Waals surface area contributed by atoms with Crippen molar-refractivity contribution >= 4 is 45.8 Å². The Morgan fingerprint density at radius 2 is 1.94 bits per heavy atom. The maximum Gasteiger partial charge on any atom is 0.127 e. The van der Waals surface area contributed by atoms with Gasteiger partial charge in [-0.1, -0.05) is 23.2 Å². The zero-order valence-corrected chi connectivity index (χ0v) is 11.5. The summed E-state index contributed by atoms with van der Waals surface area (Å²) >= 11 is 18.3. The Hall–Kier alpha value is -0.440. The van der Waals surface area contributed by atoms with Gasteiger partial charge in [0, 0.05) is 6.04 Å². The van der Waals surface area contributed by atoms with Gasteiger partial charge in [0.05, 0.1) is 26.5 Å². The van der Waals surface area contributed by atoms with Crippen LogP contribution in [0.3, 0.4) is 0 Å². The number of hydrogen-bond donors (Lipinski definition) is 0. The fraction of sp³-hybridized carbons (Fsp3) is 0.417. The quantitative estimate of drug-likeness (QED) is 0.713. The highest BCUT2D eigenvalue weighted by Gasteiger charge is 2.29. The summed E-state index contributed by atoms with van der Waals surface area (Å²) in [7, 11) is 0. The molecule has 17 heavy (non-hydrogen) atoms. The normalized spacial score (nSPS) is 17.6. The first-order valence-corrected chi connectivity index (χ1v) is 6.78. The van der Waals surface area contributed by atoms with Gasteiger partial charge >= 0.3 is 0 Å². The third kappa shape index (κ3) is 1.92. The van der Waals surface area contributed by atoms with Gasteiger partial charge in [-0.3, -0.25) is 0 Å². The Kier molecular flexibility index (Phi) is 2.77. The Labute approximate surface area is 114 Å². The number of alkyl halides is 1. The summed E-state index contributed by atoms with van der Waals surface area (Å²) in [5, 5.41) is 0.990. The Balaban J connectivity index is 2.31. The molecule has 0 spiro atoms. The molecule has 0 amide bonds. The highest BCUT2D eigenvalue weighted by atomic mass is 35.5. The minimum absolute atomic E-state index is 0.111. The van der Waals surface area contributed by atoms with Crippen molar-refractivity contribution in [3.63, 3.8) is 0 Å². The lowest BCUT2D eigenvalue weighted by molar-refractivity contribution is 0.700. The summed E-state index contributed by atoms with van der Waals surface area (Å²) in [6.07, 6.45) is 2.37. The lowest BCUT2D eigenvalue weighted by Crippen LogP contribution is -2.01. The summed E-state index contributed by atoms with van der Waals surface area (Å²) in [6.45, 7) is 1.94. The van der Waals surface area contributed by atoms with Crippen molar-refractivity contribution in [2.75, 3.05) is 0 Å². The fourth-order valence-electron chi connectivity index (χ4n) is 2.11. The van der Waals surface area contributed by atoms with E-state index in [0.29, 0.717) is 16.1 Å². The molecule has 0 radical (unpaired) electrons. The van der Waals surface area contributed by atoms with Gasteiger partial charge < -0.3 is 4.57 Å². The van der Waals surface area contributed by atoms with E-state index in [0.717, 1.165) is 16.9 Å². The van der Waals surface area contributed by atoms with Crippen LogP contribution in [0.25, 0.3) is 11.0 Å². The molecule has 0 N–H and O–H groups in total. The molecule has 1 aliphatic rings. The van der Waals surface area contributed by atoms with E-state index in [2.05, 4.69) is 9.55 Å². The van der Waals surface area contributed by atoms with E-state index in [4.69, 9.17) is 34.8 Å². The van der Waals surface area contributed by atoms with Crippen LogP contribution in [0.1, 0.15) is 37.0 Å². The second-order valence-electron chi connectivity index (χ2n) is 4.44. The fourth-order valence-corrected chi connectivity index (χ4v) is 2.58. The second-order valence-corrected chi connectivity index (χ2v) is 5.91. The second kappa shape index (κ2) is 4.04. The average molecular weight is 290 g/mol. The van der Waals surface area contributed by atoms with Crippen LogP contribution in [-0.2, 0) is 0 Å². The SMILES string of the molecule is CC(Cl)c1nc2cc(Cl)c(Cl)cc2n1C1CC1. The maximum atomic E-state index is 6.18. The van der Waals surface area contributed by atoms with E-state index in [1.807, 2.05) is 13.0 Å². The van der Waals surface area contributed by atoms with Crippen molar-refractivity contribution in [1.29, 1.82) is 0 Å². The van der Waals surface area contributed by atoms with E-state index in [9.17, 15) is 0 Å². The Bertz CT molecular complexity index is 585. The van der Waals surface area contributed by atoms with Crippen LogP contribution >= 0.6 is 34.8 Å². The minimum atomic E-state index is -0.111. The average Bonchev–Trinajstić information content (AvgIpc) is 3.02. The Morgan fingerprint density at radius 1 is 1.29 bits per heavy atom. The zero-order valence-electron chi connectivity index (χ0n) is 9.25. The first-order valence-electron chi connectivity index (χ1n) is 5.59. The maximum absolute atomic E-state index is 6.18. The van der Waals surface area contributed by atoms with Gasteiger partial charge in [-0.2, -0.15) is 0 Å². The molecule has 90 valence electrons. The van der Waals surface area contributed by atoms with Crippen molar-refractivity contribution in [3.05, 3.63) is 28.0 Å². The van der Waals surface area contributed by atoms with Gasteiger partial charge in [0.15, 0.2) is 0 Å². The van der Waals surface area contributed by atoms with Gasteiger partial charge in [-0.25, -0.2) is 4.98 Å². The van der Waals surface area contributed by atoms with Gasteiger partial charge in [0.25, 0.3) is 0 Å². The molecular formula is C12H11Cl3N2. The van der Waals surface area contributed by atoms with E-state index in [1.165, 1.54) is 12.8 Å². The molecule has 1 heterocycles. The highest BCUT2D eigenvalue weighted by molar-refractivity contribution is 6.42. The first kappa shape index (κ1) is 11.6. The first-order chi connectivity index (χ1) is 8.08. The van der Waals surface area contributed by atoms with Crippen molar-refractivity contribution < 1.29 is 0 Å². The molecule has 1 saturated carbocycles. The van der Waals surface area contributed by atoms with Crippen molar-refractivity contribution in [3.8, 4) is 0 Å². The largest absolute Gasteiger partial charge is 0.324 e. The van der Waals surface area contributed by atoms with E-state index >= 15 is 0 Å². The standard InChI is InChI=1S/C12H11Cl3N2/c1-6(13)12-16-10-4-8(14)9(15)5-11(10)17(12)7-2-3-7/h4-7H,2-3H2,1H3. The predicted octanol–water partition coefficient (Wildman–Crippen LogP) is 4.98. The van der Waals surface area contributed by atoms with Crippen molar-refractivity contribution in [1.82, 2.24) is 9.55 Å². The minimum Gasteiger partial charge on any atom is -0.324 e. The number of benzene rings is 1. The molecule has 1 atom stereocenters. The number of nitrogens with zero attached hydrogens (tertiary/aromatic N) is 2. The molecule has 1 aromatic heterocycles. The molecule has 1 fully saturated rings. The van der Waals surface area contributed by atoms with Crippen molar-refractivity contribution in [2.45, 2.75) is 31.2 Å². The molecule has 5 heteroatoms. The van der Waals surface area contributed by atoms with Crippen LogP contribution < -0.4 is 0 Å². The molecule has 0 saturated heterocycles. The summed E-state index contributed by atoms with van der Waals surface area (Å²) in [4.78, 5) is 4.56. The molecule has 1 aromatic carbocycles. The number of imidazole rings is 1. The van der Waals surface area contributed by atoms with Gasteiger partial charge in [0.1, 0.15) is 5.82 Å². The van der Waals surface area contributed by atoms with Crippen LogP contribution in [0.2, 0.25) is 10.0 Å². The molecule has 1 unspecified atom stereocenters. The number of aromatic nitrogens is 2. The lowest BCUT2D eigenvalue weighted by atomic mass is 10.3. The Morgan fingerprint density at radius 3 is 2.53 bits per heavy atom. The zero-order chi connectivity index (χ0) is 12.2. The molecular weight excluding hydrogens is 279 g/mol. The highest BCUT2D eigenvalue weighted by Crippen LogP contribution is 2.42. The smallest absolute Gasteiger partial charge is 0.127 e. The molecule has 2 nitrogen and oxygen atoms in total. The van der Waals surface area contributed by atoms with E-state index in [1.54, 1.807) is 6.07 Å². The predicted molar refractivity (Wildman–Crippen MR) is 72.3 cm³/mol. The monoisotopic (exact) mass is 288 g/mol. The number of halogens is 3. The van der Waals surface area contributed by atoms with E-state index in [-0.39, 0.29) is 5.38 Å². The summed E-state index contributed by atoms with van der Waals surface area (Å²) < 4.78 is 2.20. The molecule has 1 aliphatic carbocycles. The van der Waals surface area contributed by atoms with Crippen LogP contribution in [0.5, 0.6) is 0 Å². The summed E-state index contributed by atoms with van der Waals surface area (Å²) in [5.74, 6) is 0.905.